The van der Waals surface area contributed by atoms with E-state index in [-0.39, 0.29) is 22.8 Å². The zero-order chi connectivity index (χ0) is 11.7. The van der Waals surface area contributed by atoms with Gasteiger partial charge in [-0.2, -0.15) is 0 Å². The van der Waals surface area contributed by atoms with Crippen molar-refractivity contribution in [2.24, 2.45) is 0 Å². The number of hydrogen-bond donors (Lipinski definition) is 4. The number of phenols is 4. The predicted octanol–water partition coefficient (Wildman–Crippen LogP) is 2.18. The van der Waals surface area contributed by atoms with Crippen LogP contribution < -0.4 is 0 Å². The van der Waals surface area contributed by atoms with E-state index in [4.69, 9.17) is 0 Å². The van der Waals surface area contributed by atoms with E-state index in [0.29, 0.717) is 5.56 Å². The third-order valence-electron chi connectivity index (χ3n) is 2.23. The topological polar surface area (TPSA) is 80.9 Å². The zero-order valence-electron chi connectivity index (χ0n) is 8.25. The van der Waals surface area contributed by atoms with Crippen molar-refractivity contribution >= 4 is 0 Å². The zero-order valence-corrected chi connectivity index (χ0v) is 8.25. The summed E-state index contributed by atoms with van der Waals surface area (Å²) in [5.74, 6) is -0.852. The molecule has 0 aromatic heterocycles. The second-order valence-corrected chi connectivity index (χ2v) is 3.41. The minimum absolute atomic E-state index is 0.0414. The monoisotopic (exact) mass is 218 g/mol. The molecule has 2 rings (SSSR count). The lowest BCUT2D eigenvalue weighted by atomic mass is 10.0. The van der Waals surface area contributed by atoms with E-state index in [0.717, 1.165) is 6.07 Å². The Morgan fingerprint density at radius 3 is 2.19 bits per heavy atom. The van der Waals surface area contributed by atoms with Gasteiger partial charge in [0.15, 0.2) is 11.5 Å². The summed E-state index contributed by atoms with van der Waals surface area (Å²) >= 11 is 0. The molecule has 82 valence electrons. The Morgan fingerprint density at radius 1 is 0.750 bits per heavy atom. The number of hydrogen-bond acceptors (Lipinski definition) is 4. The fourth-order valence-corrected chi connectivity index (χ4v) is 1.50. The minimum atomic E-state index is -0.404. The van der Waals surface area contributed by atoms with Crippen LogP contribution in [0.5, 0.6) is 23.0 Å². The van der Waals surface area contributed by atoms with E-state index >= 15 is 0 Å². The van der Waals surface area contributed by atoms with Crippen LogP contribution in [-0.2, 0) is 0 Å². The number of aromatic hydroxyl groups is 4. The second kappa shape index (κ2) is 3.66. The van der Waals surface area contributed by atoms with Crippen molar-refractivity contribution in [1.82, 2.24) is 0 Å². The molecule has 0 bridgehead atoms. The van der Waals surface area contributed by atoms with Gasteiger partial charge in [-0.1, -0.05) is 12.1 Å². The highest BCUT2D eigenvalue weighted by Gasteiger charge is 2.11. The molecule has 0 saturated heterocycles. The van der Waals surface area contributed by atoms with E-state index in [9.17, 15) is 20.4 Å². The molecule has 0 amide bonds. The van der Waals surface area contributed by atoms with E-state index < -0.39 is 5.75 Å². The highest BCUT2D eigenvalue weighted by atomic mass is 16.3. The molecule has 0 saturated carbocycles. The van der Waals surface area contributed by atoms with E-state index in [1.165, 1.54) is 18.2 Å². The van der Waals surface area contributed by atoms with Gasteiger partial charge in [-0.05, 0) is 23.8 Å². The van der Waals surface area contributed by atoms with Crippen LogP contribution in [0.1, 0.15) is 0 Å². The van der Waals surface area contributed by atoms with Crippen molar-refractivity contribution in [1.29, 1.82) is 0 Å². The highest BCUT2D eigenvalue weighted by molar-refractivity contribution is 5.75. The molecule has 0 aliphatic rings. The normalized spacial score (nSPS) is 10.2. The van der Waals surface area contributed by atoms with Gasteiger partial charge < -0.3 is 20.4 Å². The van der Waals surface area contributed by atoms with Gasteiger partial charge in [0.25, 0.3) is 0 Å². The molecule has 0 atom stereocenters. The van der Waals surface area contributed by atoms with E-state index in [1.54, 1.807) is 12.1 Å². The minimum Gasteiger partial charge on any atom is -0.508 e. The van der Waals surface area contributed by atoms with Crippen molar-refractivity contribution in [3.05, 3.63) is 36.4 Å². The quantitative estimate of drug-likeness (QED) is 0.437. The number of rotatable bonds is 1. The largest absolute Gasteiger partial charge is 0.508 e. The first-order valence-corrected chi connectivity index (χ1v) is 4.62. The molecule has 2 aromatic carbocycles. The third-order valence-corrected chi connectivity index (χ3v) is 2.23. The van der Waals surface area contributed by atoms with Gasteiger partial charge in [0.05, 0.1) is 0 Å². The average Bonchev–Trinajstić information content (AvgIpc) is 2.23. The van der Waals surface area contributed by atoms with Crippen LogP contribution in [0.25, 0.3) is 11.1 Å². The fourth-order valence-electron chi connectivity index (χ4n) is 1.50. The summed E-state index contributed by atoms with van der Waals surface area (Å²) in [6, 6.07) is 8.52. The molecule has 4 heteroatoms. The lowest BCUT2D eigenvalue weighted by Crippen LogP contribution is -1.80. The molecule has 0 heterocycles. The van der Waals surface area contributed by atoms with Crippen molar-refractivity contribution in [3.8, 4) is 34.1 Å². The molecule has 0 unspecified atom stereocenters. The van der Waals surface area contributed by atoms with Crippen LogP contribution in [0.3, 0.4) is 0 Å². The summed E-state index contributed by atoms with van der Waals surface area (Å²) in [5.41, 5.74) is 0.761. The second-order valence-electron chi connectivity index (χ2n) is 3.41. The molecule has 0 spiro atoms. The summed E-state index contributed by atoms with van der Waals surface area (Å²) < 4.78 is 0. The van der Waals surface area contributed by atoms with Gasteiger partial charge in [0.2, 0.25) is 0 Å². The molecule has 0 fully saturated rings. The Balaban J connectivity index is 2.64. The van der Waals surface area contributed by atoms with E-state index in [2.05, 4.69) is 0 Å². The number of benzene rings is 2. The Hall–Kier alpha value is -2.36. The smallest absolute Gasteiger partial charge is 0.165 e. The molecule has 4 N–H and O–H groups in total. The first-order valence-electron chi connectivity index (χ1n) is 4.62. The Morgan fingerprint density at radius 2 is 1.50 bits per heavy atom. The molecular formula is C12H10O4. The molecule has 0 aliphatic heterocycles. The van der Waals surface area contributed by atoms with Gasteiger partial charge in [-0.25, -0.2) is 0 Å². The van der Waals surface area contributed by atoms with E-state index in [1.807, 2.05) is 0 Å². The lowest BCUT2D eigenvalue weighted by molar-refractivity contribution is 0.398. The maximum atomic E-state index is 9.62. The molecular weight excluding hydrogens is 208 g/mol. The summed E-state index contributed by atoms with van der Waals surface area (Å²) in [6.45, 7) is 0. The summed E-state index contributed by atoms with van der Waals surface area (Å²) in [5, 5.41) is 37.6. The van der Waals surface area contributed by atoms with Crippen molar-refractivity contribution in [3.63, 3.8) is 0 Å². The molecule has 0 aliphatic carbocycles. The lowest BCUT2D eigenvalue weighted by Gasteiger charge is -2.07. The van der Waals surface area contributed by atoms with Gasteiger partial charge in [0.1, 0.15) is 11.5 Å². The van der Waals surface area contributed by atoms with Crippen molar-refractivity contribution < 1.29 is 20.4 Å². The van der Waals surface area contributed by atoms with Crippen LogP contribution in [0.2, 0.25) is 0 Å². The Labute approximate surface area is 91.7 Å². The SMILES string of the molecule is Oc1cccc(-c2cc(O)cc(O)c2O)c1. The van der Waals surface area contributed by atoms with Crippen LogP contribution in [0.4, 0.5) is 0 Å². The van der Waals surface area contributed by atoms with Gasteiger partial charge in [-0.15, -0.1) is 0 Å². The van der Waals surface area contributed by atoms with Crippen molar-refractivity contribution in [2.75, 3.05) is 0 Å². The van der Waals surface area contributed by atoms with Crippen LogP contribution >= 0.6 is 0 Å². The van der Waals surface area contributed by atoms with Crippen LogP contribution in [-0.4, -0.2) is 20.4 Å². The molecule has 2 aromatic rings. The van der Waals surface area contributed by atoms with Gasteiger partial charge >= 0.3 is 0 Å². The first-order chi connectivity index (χ1) is 7.58. The summed E-state index contributed by atoms with van der Waals surface area (Å²) in [7, 11) is 0. The van der Waals surface area contributed by atoms with Crippen molar-refractivity contribution in [2.45, 2.75) is 0 Å². The molecule has 16 heavy (non-hydrogen) atoms. The van der Waals surface area contributed by atoms with Gasteiger partial charge in [0, 0.05) is 11.6 Å². The standard InChI is InChI=1S/C12H10O4/c13-8-3-1-2-7(4-8)10-5-9(14)6-11(15)12(10)16/h1-6,13-16H. The average molecular weight is 218 g/mol. The summed E-state index contributed by atoms with van der Waals surface area (Å²) in [4.78, 5) is 0. The first kappa shape index (κ1) is 10.2. The number of phenolic OH excluding ortho intramolecular Hbond substituents is 4. The highest BCUT2D eigenvalue weighted by Crippen LogP contribution is 2.40. The predicted molar refractivity (Wildman–Crippen MR) is 58.5 cm³/mol. The van der Waals surface area contributed by atoms with Gasteiger partial charge in [-0.3, -0.25) is 0 Å². The Kier molecular flexibility index (Phi) is 2.32. The molecule has 4 nitrogen and oxygen atoms in total. The van der Waals surface area contributed by atoms with Crippen LogP contribution in [0.15, 0.2) is 36.4 Å². The van der Waals surface area contributed by atoms with Crippen LogP contribution in [0, 0.1) is 0 Å². The molecule has 0 radical (unpaired) electrons. The third kappa shape index (κ3) is 1.72. The fraction of sp³-hybridized carbons (Fsp3) is 0. The maximum Gasteiger partial charge on any atom is 0.165 e. The maximum absolute atomic E-state index is 9.62. The Bertz CT molecular complexity index is 535. The summed E-state index contributed by atoms with van der Waals surface area (Å²) in [6.07, 6.45) is 0.